The van der Waals surface area contributed by atoms with E-state index in [4.69, 9.17) is 32.7 Å². The quantitative estimate of drug-likeness (QED) is 0.534. The highest BCUT2D eigenvalue weighted by Gasteiger charge is 2.35. The van der Waals surface area contributed by atoms with E-state index in [0.29, 0.717) is 38.6 Å². The van der Waals surface area contributed by atoms with E-state index in [0.717, 1.165) is 16.7 Å². The molecule has 28 heavy (non-hydrogen) atoms. The molecule has 5 nitrogen and oxygen atoms in total. The van der Waals surface area contributed by atoms with E-state index in [1.807, 2.05) is 6.92 Å². The van der Waals surface area contributed by atoms with Gasteiger partial charge < -0.3 is 9.47 Å². The average Bonchev–Trinajstić information content (AvgIpc) is 2.93. The molecule has 0 bridgehead atoms. The van der Waals surface area contributed by atoms with Crippen LogP contribution in [0.5, 0.6) is 11.5 Å². The Balaban J connectivity index is 1.70. The molecule has 146 valence electrons. The summed E-state index contributed by atoms with van der Waals surface area (Å²) >= 11 is 13.0. The summed E-state index contributed by atoms with van der Waals surface area (Å²) in [6, 6.07) is 12.2. The Morgan fingerprint density at radius 1 is 1.07 bits per heavy atom. The molecule has 0 N–H and O–H groups in total. The zero-order chi connectivity index (χ0) is 20.1. The summed E-state index contributed by atoms with van der Waals surface area (Å²) < 4.78 is 11.1. The highest BCUT2D eigenvalue weighted by Crippen LogP contribution is 2.35. The van der Waals surface area contributed by atoms with Gasteiger partial charge in [0.25, 0.3) is 11.1 Å². The van der Waals surface area contributed by atoms with Gasteiger partial charge in [-0.05, 0) is 55.1 Å². The van der Waals surface area contributed by atoms with Crippen molar-refractivity contribution in [1.82, 2.24) is 4.90 Å². The lowest BCUT2D eigenvalue weighted by molar-refractivity contribution is -0.123. The van der Waals surface area contributed by atoms with Gasteiger partial charge in [-0.2, -0.15) is 0 Å². The Morgan fingerprint density at radius 3 is 2.61 bits per heavy atom. The molecular formula is C20H17Cl2NO4S. The number of thioether (sulfide) groups is 1. The van der Waals surface area contributed by atoms with Crippen molar-refractivity contribution in [3.8, 4) is 11.5 Å². The minimum atomic E-state index is -0.375. The first kappa shape index (κ1) is 20.6. The van der Waals surface area contributed by atoms with Crippen LogP contribution in [0.3, 0.4) is 0 Å². The second kappa shape index (κ2) is 9.37. The van der Waals surface area contributed by atoms with E-state index < -0.39 is 0 Å². The summed E-state index contributed by atoms with van der Waals surface area (Å²) in [5, 5.41) is 0.641. The number of hydrogen-bond donors (Lipinski definition) is 0. The van der Waals surface area contributed by atoms with Crippen LogP contribution in [0.25, 0.3) is 6.08 Å². The van der Waals surface area contributed by atoms with E-state index in [1.165, 1.54) is 0 Å². The third kappa shape index (κ3) is 4.82. The van der Waals surface area contributed by atoms with Gasteiger partial charge in [-0.1, -0.05) is 35.3 Å². The predicted octanol–water partition coefficient (Wildman–Crippen LogP) is 5.51. The summed E-state index contributed by atoms with van der Waals surface area (Å²) in [7, 11) is 0. The van der Waals surface area contributed by atoms with Gasteiger partial charge >= 0.3 is 0 Å². The number of carbonyl (C=O) groups is 2. The topological polar surface area (TPSA) is 55.8 Å². The summed E-state index contributed by atoms with van der Waals surface area (Å²) in [4.78, 5) is 26.4. The molecule has 2 aromatic carbocycles. The normalized spacial score (nSPS) is 15.4. The highest BCUT2D eigenvalue weighted by molar-refractivity contribution is 8.18. The molecule has 8 heteroatoms. The molecule has 3 rings (SSSR count). The van der Waals surface area contributed by atoms with Crippen LogP contribution < -0.4 is 9.47 Å². The molecule has 0 unspecified atom stereocenters. The number of ether oxygens (including phenoxy) is 2. The smallest absolute Gasteiger partial charge is 0.293 e. The number of nitrogens with zero attached hydrogens (tertiary/aromatic N) is 1. The van der Waals surface area contributed by atoms with Gasteiger partial charge in [0, 0.05) is 10.6 Å². The Kier molecular flexibility index (Phi) is 6.88. The van der Waals surface area contributed by atoms with Gasteiger partial charge in [0.2, 0.25) is 0 Å². The maximum atomic E-state index is 12.6. The summed E-state index contributed by atoms with van der Waals surface area (Å²) in [6.45, 7) is 2.62. The van der Waals surface area contributed by atoms with Crippen molar-refractivity contribution < 1.29 is 19.1 Å². The van der Waals surface area contributed by atoms with Crippen molar-refractivity contribution in [3.63, 3.8) is 0 Å². The van der Waals surface area contributed by atoms with Crippen LogP contribution >= 0.6 is 35.0 Å². The summed E-state index contributed by atoms with van der Waals surface area (Å²) in [6.07, 6.45) is 1.62. The van der Waals surface area contributed by atoms with Gasteiger partial charge in [-0.15, -0.1) is 0 Å². The fourth-order valence-corrected chi connectivity index (χ4v) is 3.79. The van der Waals surface area contributed by atoms with Gasteiger partial charge in [0.05, 0.1) is 23.1 Å². The Morgan fingerprint density at radius 2 is 1.86 bits per heavy atom. The molecule has 1 aliphatic rings. The predicted molar refractivity (Wildman–Crippen MR) is 112 cm³/mol. The van der Waals surface area contributed by atoms with Crippen molar-refractivity contribution in [2.24, 2.45) is 0 Å². The standard InChI is InChI=1S/C20H17Cl2NO4S/c1-2-26-16-8-7-14(21)11-13(16)12-18-19(24)23(20(25)28-18)9-10-27-17-6-4-3-5-15(17)22/h3-8,11-12H,2,9-10H2,1H3/b18-12-. The van der Waals surface area contributed by atoms with Crippen LogP contribution in [0, 0.1) is 0 Å². The highest BCUT2D eigenvalue weighted by atomic mass is 35.5. The number of halogens is 2. The molecular weight excluding hydrogens is 421 g/mol. The molecule has 0 aliphatic carbocycles. The molecule has 0 radical (unpaired) electrons. The van der Waals surface area contributed by atoms with Gasteiger partial charge in [0.15, 0.2) is 0 Å². The number of carbonyl (C=O) groups excluding carboxylic acids is 2. The largest absolute Gasteiger partial charge is 0.493 e. The van der Waals surface area contributed by atoms with Crippen LogP contribution in [0.15, 0.2) is 47.4 Å². The number of rotatable bonds is 7. The minimum Gasteiger partial charge on any atom is -0.493 e. The molecule has 0 atom stereocenters. The van der Waals surface area contributed by atoms with Crippen molar-refractivity contribution >= 4 is 52.2 Å². The first-order chi connectivity index (χ1) is 13.5. The van der Waals surface area contributed by atoms with Crippen LogP contribution in [-0.4, -0.2) is 35.8 Å². The SMILES string of the molecule is CCOc1ccc(Cl)cc1/C=C1\SC(=O)N(CCOc2ccccc2Cl)C1=O. The summed E-state index contributed by atoms with van der Waals surface area (Å²) in [5.41, 5.74) is 0.646. The third-order valence-corrected chi connectivity index (χ3v) is 5.30. The Hall–Kier alpha value is -2.15. The lowest BCUT2D eigenvalue weighted by atomic mass is 10.2. The average molecular weight is 438 g/mol. The maximum absolute atomic E-state index is 12.6. The second-order valence-corrected chi connectivity index (χ2v) is 7.56. The first-order valence-corrected chi connectivity index (χ1v) is 10.1. The molecule has 1 saturated heterocycles. The number of para-hydroxylation sites is 1. The third-order valence-electron chi connectivity index (χ3n) is 3.84. The van der Waals surface area contributed by atoms with E-state index in [1.54, 1.807) is 48.5 Å². The monoisotopic (exact) mass is 437 g/mol. The van der Waals surface area contributed by atoms with Crippen LogP contribution in [-0.2, 0) is 4.79 Å². The van der Waals surface area contributed by atoms with Crippen molar-refractivity contribution in [2.75, 3.05) is 19.8 Å². The second-order valence-electron chi connectivity index (χ2n) is 5.73. The number of benzene rings is 2. The molecule has 0 saturated carbocycles. The molecule has 1 heterocycles. The molecule has 1 aliphatic heterocycles. The van der Waals surface area contributed by atoms with Crippen LogP contribution in [0.2, 0.25) is 10.0 Å². The number of amides is 2. The number of imide groups is 1. The summed E-state index contributed by atoms with van der Waals surface area (Å²) in [5.74, 6) is 0.730. The molecule has 1 fully saturated rings. The fraction of sp³-hybridized carbons (Fsp3) is 0.200. The maximum Gasteiger partial charge on any atom is 0.293 e. The Labute approximate surface area is 177 Å². The van der Waals surface area contributed by atoms with E-state index in [9.17, 15) is 9.59 Å². The lowest BCUT2D eigenvalue weighted by Crippen LogP contribution is -2.32. The van der Waals surface area contributed by atoms with Crippen LogP contribution in [0.4, 0.5) is 4.79 Å². The number of hydrogen-bond acceptors (Lipinski definition) is 5. The molecule has 2 aromatic rings. The van der Waals surface area contributed by atoms with Crippen molar-refractivity contribution in [2.45, 2.75) is 6.92 Å². The van der Waals surface area contributed by atoms with E-state index >= 15 is 0 Å². The van der Waals surface area contributed by atoms with Crippen molar-refractivity contribution in [3.05, 3.63) is 63.0 Å². The zero-order valence-electron chi connectivity index (χ0n) is 15.0. The van der Waals surface area contributed by atoms with Gasteiger partial charge in [0.1, 0.15) is 18.1 Å². The Bertz CT molecular complexity index is 932. The molecule has 0 spiro atoms. The van der Waals surface area contributed by atoms with E-state index in [2.05, 4.69) is 0 Å². The van der Waals surface area contributed by atoms with Gasteiger partial charge in [-0.3, -0.25) is 14.5 Å². The van der Waals surface area contributed by atoms with Crippen LogP contribution in [0.1, 0.15) is 12.5 Å². The first-order valence-electron chi connectivity index (χ1n) is 8.54. The fourth-order valence-electron chi connectivity index (χ4n) is 2.56. The minimum absolute atomic E-state index is 0.126. The molecule has 2 amide bonds. The molecule has 0 aromatic heterocycles. The lowest BCUT2D eigenvalue weighted by Gasteiger charge is -2.13. The van der Waals surface area contributed by atoms with Gasteiger partial charge in [-0.25, -0.2) is 0 Å². The van der Waals surface area contributed by atoms with Crippen molar-refractivity contribution in [1.29, 1.82) is 0 Å². The van der Waals surface area contributed by atoms with E-state index in [-0.39, 0.29) is 24.3 Å². The zero-order valence-corrected chi connectivity index (χ0v) is 17.3.